The van der Waals surface area contributed by atoms with Crippen molar-refractivity contribution in [2.24, 2.45) is 0 Å². The third-order valence-electron chi connectivity index (χ3n) is 3.19. The van der Waals surface area contributed by atoms with Gasteiger partial charge in [-0.1, -0.05) is 24.3 Å². The van der Waals surface area contributed by atoms with Crippen molar-refractivity contribution in [2.75, 3.05) is 19.7 Å². The van der Waals surface area contributed by atoms with Crippen LogP contribution in [0, 0.1) is 0 Å². The van der Waals surface area contributed by atoms with E-state index in [0.29, 0.717) is 25.3 Å². The fourth-order valence-electron chi connectivity index (χ4n) is 2.24. The molecule has 1 aliphatic heterocycles. The molecule has 2 rings (SSSR count). The standard InChI is InChI=1S/C16H21NO4/c1-16(2,3)21-15(19)17-8-9-20-14(10-17)13-7-5-4-6-12(13)11-18/h4-7,11,14H,8-10H2,1-3H3. The first-order chi connectivity index (χ1) is 9.90. The fraction of sp³-hybridized carbons (Fsp3) is 0.500. The molecule has 0 spiro atoms. The molecule has 1 amide bonds. The fourth-order valence-corrected chi connectivity index (χ4v) is 2.24. The molecule has 0 N–H and O–H groups in total. The number of amides is 1. The van der Waals surface area contributed by atoms with Gasteiger partial charge in [-0.15, -0.1) is 0 Å². The molecular formula is C16H21NO4. The zero-order chi connectivity index (χ0) is 15.5. The number of carbonyl (C=O) groups is 2. The summed E-state index contributed by atoms with van der Waals surface area (Å²) in [6.45, 7) is 6.82. The molecule has 1 fully saturated rings. The van der Waals surface area contributed by atoms with Crippen molar-refractivity contribution in [2.45, 2.75) is 32.5 Å². The van der Waals surface area contributed by atoms with Crippen molar-refractivity contribution in [3.63, 3.8) is 0 Å². The number of nitrogens with zero attached hydrogens (tertiary/aromatic N) is 1. The van der Waals surface area contributed by atoms with Crippen LogP contribution in [0.1, 0.15) is 42.8 Å². The van der Waals surface area contributed by atoms with Gasteiger partial charge in [-0.3, -0.25) is 4.79 Å². The highest BCUT2D eigenvalue weighted by atomic mass is 16.6. The highest BCUT2D eigenvalue weighted by Crippen LogP contribution is 2.25. The predicted molar refractivity (Wildman–Crippen MR) is 78.3 cm³/mol. The summed E-state index contributed by atoms with van der Waals surface area (Å²) in [5.41, 5.74) is 0.875. The monoisotopic (exact) mass is 291 g/mol. The van der Waals surface area contributed by atoms with Crippen molar-refractivity contribution in [3.05, 3.63) is 35.4 Å². The van der Waals surface area contributed by atoms with E-state index in [-0.39, 0.29) is 12.2 Å². The Morgan fingerprint density at radius 2 is 2.10 bits per heavy atom. The average Bonchev–Trinajstić information content (AvgIpc) is 2.45. The smallest absolute Gasteiger partial charge is 0.410 e. The Kier molecular flexibility index (Phi) is 4.63. The summed E-state index contributed by atoms with van der Waals surface area (Å²) in [4.78, 5) is 24.9. The molecule has 5 heteroatoms. The lowest BCUT2D eigenvalue weighted by Crippen LogP contribution is -2.44. The van der Waals surface area contributed by atoms with Gasteiger partial charge in [0.15, 0.2) is 0 Å². The summed E-state index contributed by atoms with van der Waals surface area (Å²) < 4.78 is 11.1. The lowest BCUT2D eigenvalue weighted by Gasteiger charge is -2.34. The number of morpholine rings is 1. The molecule has 1 aromatic rings. The number of hydrogen-bond donors (Lipinski definition) is 0. The summed E-state index contributed by atoms with van der Waals surface area (Å²) >= 11 is 0. The zero-order valence-electron chi connectivity index (χ0n) is 12.7. The van der Waals surface area contributed by atoms with E-state index in [2.05, 4.69) is 0 Å². The predicted octanol–water partition coefficient (Wildman–Crippen LogP) is 2.81. The number of hydrogen-bond acceptors (Lipinski definition) is 4. The van der Waals surface area contributed by atoms with Crippen molar-refractivity contribution in [1.82, 2.24) is 4.90 Å². The first-order valence-electron chi connectivity index (χ1n) is 7.04. The van der Waals surface area contributed by atoms with E-state index < -0.39 is 5.60 Å². The molecule has 1 aromatic carbocycles. The summed E-state index contributed by atoms with van der Waals surface area (Å²) in [7, 11) is 0. The lowest BCUT2D eigenvalue weighted by atomic mass is 10.0. The minimum absolute atomic E-state index is 0.298. The van der Waals surface area contributed by atoms with Crippen molar-refractivity contribution in [3.8, 4) is 0 Å². The van der Waals surface area contributed by atoms with Gasteiger partial charge in [-0.05, 0) is 26.3 Å². The number of ether oxygens (including phenoxy) is 2. The van der Waals surface area contributed by atoms with E-state index in [9.17, 15) is 9.59 Å². The molecule has 114 valence electrons. The van der Waals surface area contributed by atoms with Gasteiger partial charge in [0.25, 0.3) is 0 Å². The summed E-state index contributed by atoms with van der Waals surface area (Å²) in [5, 5.41) is 0. The van der Waals surface area contributed by atoms with Gasteiger partial charge < -0.3 is 14.4 Å². The Balaban J connectivity index is 2.10. The van der Waals surface area contributed by atoms with Gasteiger partial charge in [0.05, 0.1) is 13.2 Å². The summed E-state index contributed by atoms with van der Waals surface area (Å²) in [6.07, 6.45) is 0.164. The number of carbonyl (C=O) groups excluding carboxylic acids is 2. The van der Waals surface area contributed by atoms with Crippen LogP contribution in [0.25, 0.3) is 0 Å². The Labute approximate surface area is 124 Å². The number of rotatable bonds is 2. The second-order valence-electron chi connectivity index (χ2n) is 6.03. The maximum atomic E-state index is 12.1. The molecule has 0 radical (unpaired) electrons. The van der Waals surface area contributed by atoms with Crippen molar-refractivity contribution >= 4 is 12.4 Å². The summed E-state index contributed by atoms with van der Waals surface area (Å²) in [6, 6.07) is 7.27. The second-order valence-corrected chi connectivity index (χ2v) is 6.03. The van der Waals surface area contributed by atoms with Gasteiger partial charge in [0, 0.05) is 12.1 Å². The molecule has 1 unspecified atom stereocenters. The molecule has 0 aliphatic carbocycles. The van der Waals surface area contributed by atoms with E-state index in [1.165, 1.54) is 0 Å². The molecule has 1 heterocycles. The second kappa shape index (κ2) is 6.26. The lowest BCUT2D eigenvalue weighted by molar-refractivity contribution is -0.0434. The van der Waals surface area contributed by atoms with E-state index in [1.54, 1.807) is 11.0 Å². The van der Waals surface area contributed by atoms with E-state index in [0.717, 1.165) is 11.8 Å². The topological polar surface area (TPSA) is 55.8 Å². The highest BCUT2D eigenvalue weighted by molar-refractivity contribution is 5.77. The van der Waals surface area contributed by atoms with E-state index in [1.807, 2.05) is 39.0 Å². The molecular weight excluding hydrogens is 270 g/mol. The SMILES string of the molecule is CC(C)(C)OC(=O)N1CCOC(c2ccccc2C=O)C1. The van der Waals surface area contributed by atoms with Crippen LogP contribution in [0.2, 0.25) is 0 Å². The van der Waals surface area contributed by atoms with Gasteiger partial charge in [0.1, 0.15) is 18.0 Å². The Morgan fingerprint density at radius 3 is 2.76 bits per heavy atom. The van der Waals surface area contributed by atoms with Crippen molar-refractivity contribution in [1.29, 1.82) is 0 Å². The van der Waals surface area contributed by atoms with Gasteiger partial charge in [0.2, 0.25) is 0 Å². The molecule has 0 saturated carbocycles. The third kappa shape index (κ3) is 4.04. The Morgan fingerprint density at radius 1 is 1.38 bits per heavy atom. The number of benzene rings is 1. The van der Waals surface area contributed by atoms with E-state index >= 15 is 0 Å². The van der Waals surface area contributed by atoms with Crippen LogP contribution >= 0.6 is 0 Å². The Hall–Kier alpha value is -1.88. The van der Waals surface area contributed by atoms with Crippen LogP contribution in [0.3, 0.4) is 0 Å². The third-order valence-corrected chi connectivity index (χ3v) is 3.19. The minimum atomic E-state index is -0.522. The maximum absolute atomic E-state index is 12.1. The molecule has 5 nitrogen and oxygen atoms in total. The van der Waals surface area contributed by atoms with Crippen LogP contribution in [0.15, 0.2) is 24.3 Å². The first-order valence-corrected chi connectivity index (χ1v) is 7.04. The maximum Gasteiger partial charge on any atom is 0.410 e. The average molecular weight is 291 g/mol. The van der Waals surface area contributed by atoms with E-state index in [4.69, 9.17) is 9.47 Å². The first kappa shape index (κ1) is 15.5. The van der Waals surface area contributed by atoms with Crippen LogP contribution in [-0.4, -0.2) is 42.6 Å². The molecule has 1 atom stereocenters. The minimum Gasteiger partial charge on any atom is -0.444 e. The van der Waals surface area contributed by atoms with Crippen LogP contribution in [0.5, 0.6) is 0 Å². The Bertz CT molecular complexity index is 521. The largest absolute Gasteiger partial charge is 0.444 e. The zero-order valence-corrected chi connectivity index (χ0v) is 12.7. The molecule has 0 bridgehead atoms. The summed E-state index contributed by atoms with van der Waals surface area (Å²) in [5.74, 6) is 0. The van der Waals surface area contributed by atoms with Crippen molar-refractivity contribution < 1.29 is 19.1 Å². The van der Waals surface area contributed by atoms with Crippen LogP contribution < -0.4 is 0 Å². The van der Waals surface area contributed by atoms with Gasteiger partial charge >= 0.3 is 6.09 Å². The number of aldehydes is 1. The van der Waals surface area contributed by atoms with Crippen LogP contribution in [0.4, 0.5) is 4.79 Å². The van der Waals surface area contributed by atoms with Gasteiger partial charge in [-0.2, -0.15) is 0 Å². The normalized spacial score (nSPS) is 19.2. The highest BCUT2D eigenvalue weighted by Gasteiger charge is 2.29. The molecule has 1 saturated heterocycles. The molecule has 1 aliphatic rings. The quantitative estimate of drug-likeness (QED) is 0.786. The molecule has 0 aromatic heterocycles. The van der Waals surface area contributed by atoms with Crippen LogP contribution in [-0.2, 0) is 9.47 Å². The molecule has 21 heavy (non-hydrogen) atoms. The van der Waals surface area contributed by atoms with Gasteiger partial charge in [-0.25, -0.2) is 4.79 Å².